The lowest BCUT2D eigenvalue weighted by Crippen LogP contribution is -2.29. The normalized spacial score (nSPS) is 12.0. The molecule has 3 aromatic heterocycles. The molecule has 63 heavy (non-hydrogen) atoms. The lowest BCUT2D eigenvalue weighted by Gasteiger charge is -2.16. The number of rotatable bonds is 14. The van der Waals surface area contributed by atoms with Gasteiger partial charge in [0.2, 0.25) is 11.8 Å². The first-order valence-corrected chi connectivity index (χ1v) is 22.6. The average Bonchev–Trinajstić information content (AvgIpc) is 4.09. The second-order valence-electron chi connectivity index (χ2n) is 14.3. The van der Waals surface area contributed by atoms with Gasteiger partial charge in [-0.25, -0.2) is 9.97 Å². The molecule has 1 aliphatic rings. The first kappa shape index (κ1) is 42.5. The number of nitriles is 2. The number of amides is 2. The Kier molecular flexibility index (Phi) is 13.3. The molecule has 2 amide bonds. The summed E-state index contributed by atoms with van der Waals surface area (Å²) in [5.74, 6) is -0.439. The van der Waals surface area contributed by atoms with Crippen LogP contribution in [0.15, 0.2) is 143 Å². The van der Waals surface area contributed by atoms with E-state index in [1.165, 1.54) is 35.2 Å². The maximum Gasteiger partial charge on any atom is 0.344 e. The Labute approximate surface area is 375 Å². The molecule has 2 N–H and O–H groups in total. The molecule has 4 aromatic carbocycles. The van der Waals surface area contributed by atoms with Crippen molar-refractivity contribution in [3.05, 3.63) is 149 Å². The van der Waals surface area contributed by atoms with Crippen LogP contribution >= 0.6 is 34.9 Å². The van der Waals surface area contributed by atoms with Crippen molar-refractivity contribution in [1.29, 1.82) is 10.5 Å². The minimum absolute atomic E-state index is 0.0196. The van der Waals surface area contributed by atoms with Gasteiger partial charge in [-0.3, -0.25) is 9.59 Å². The number of carbonyl (C=O) groups is 2. The first-order valence-electron chi connectivity index (χ1n) is 19.8. The van der Waals surface area contributed by atoms with Gasteiger partial charge in [-0.1, -0.05) is 121 Å². The molecule has 310 valence electrons. The van der Waals surface area contributed by atoms with E-state index in [1.807, 2.05) is 119 Å². The van der Waals surface area contributed by atoms with E-state index < -0.39 is 5.91 Å². The summed E-state index contributed by atoms with van der Waals surface area (Å²) in [6, 6.07) is 43.5. The summed E-state index contributed by atoms with van der Waals surface area (Å²) in [7, 11) is 0. The van der Waals surface area contributed by atoms with Gasteiger partial charge in [0.15, 0.2) is 0 Å². The van der Waals surface area contributed by atoms with E-state index in [9.17, 15) is 30.3 Å². The van der Waals surface area contributed by atoms with Gasteiger partial charge in [0, 0.05) is 35.8 Å². The van der Waals surface area contributed by atoms with Crippen LogP contribution in [0.1, 0.15) is 24.0 Å². The van der Waals surface area contributed by atoms with E-state index in [-0.39, 0.29) is 33.7 Å². The zero-order chi connectivity index (χ0) is 43.7. The lowest BCUT2D eigenvalue weighted by atomic mass is 9.98. The fourth-order valence-corrected chi connectivity index (χ4v) is 9.61. The zero-order valence-electron chi connectivity index (χ0n) is 33.4. The molecule has 0 unspecified atom stereocenters. The molecule has 12 nitrogen and oxygen atoms in total. The van der Waals surface area contributed by atoms with E-state index >= 15 is 0 Å². The van der Waals surface area contributed by atoms with Gasteiger partial charge in [-0.05, 0) is 69.7 Å². The smallest absolute Gasteiger partial charge is 0.342 e. The van der Waals surface area contributed by atoms with Crippen LogP contribution in [0.4, 0.5) is 11.4 Å². The number of pyridine rings is 2. The highest BCUT2D eigenvalue weighted by molar-refractivity contribution is 8.00. The predicted molar refractivity (Wildman–Crippen MR) is 246 cm³/mol. The third kappa shape index (κ3) is 9.68. The van der Waals surface area contributed by atoms with Crippen LogP contribution in [0, 0.1) is 27.6 Å². The van der Waals surface area contributed by atoms with Crippen LogP contribution < -0.4 is 5.32 Å². The molecule has 0 radical (unpaired) electrons. The van der Waals surface area contributed by atoms with Crippen molar-refractivity contribution in [2.45, 2.75) is 22.9 Å². The van der Waals surface area contributed by atoms with Crippen molar-refractivity contribution in [3.63, 3.8) is 0 Å². The topological polar surface area (TPSA) is 172 Å². The van der Waals surface area contributed by atoms with Gasteiger partial charge < -0.3 is 10.2 Å². The van der Waals surface area contributed by atoms with Crippen LogP contribution in [-0.2, 0) is 14.6 Å². The molecule has 4 heterocycles. The number of aromatic nitrogens is 2. The van der Waals surface area contributed by atoms with Gasteiger partial charge in [-0.15, -0.1) is 16.6 Å². The highest BCUT2D eigenvalue weighted by Gasteiger charge is 2.26. The third-order valence-electron chi connectivity index (χ3n) is 10.3. The Morgan fingerprint density at radius 1 is 0.714 bits per heavy atom. The summed E-state index contributed by atoms with van der Waals surface area (Å²) in [5.41, 5.74) is 7.07. The second kappa shape index (κ2) is 19.7. The SMILES string of the molecule is N#Cc1c(-c2ccccc2)cc(-c2ccc(-c3ccc(NC(=O)CSc4nc(-c5cccs5)cc(-c5ccccc5)c4C#N)c([N+](=O)OO)c3)cc2)nc1SCC(=O)N1CCCC1. The number of carbonyl (C=O) groups excluding carboxylic acids is 2. The van der Waals surface area contributed by atoms with Crippen LogP contribution in [0.3, 0.4) is 0 Å². The number of nitrogens with zero attached hydrogens (tertiary/aromatic N) is 6. The number of hydrogen-bond donors (Lipinski definition) is 2. The number of benzene rings is 4. The van der Waals surface area contributed by atoms with Gasteiger partial charge in [-0.2, -0.15) is 10.5 Å². The molecule has 0 bridgehead atoms. The Balaban J connectivity index is 1.03. The molecular weight excluding hydrogens is 851 g/mol. The predicted octanol–water partition coefficient (Wildman–Crippen LogP) is 10.9. The number of anilines is 1. The summed E-state index contributed by atoms with van der Waals surface area (Å²) in [6.45, 7) is 1.48. The monoisotopic (exact) mass is 886 g/mol. The quantitative estimate of drug-likeness (QED) is 0.0604. The molecule has 0 atom stereocenters. The van der Waals surface area contributed by atoms with Gasteiger partial charge in [0.25, 0.3) is 4.92 Å². The first-order chi connectivity index (χ1) is 30.8. The standard InChI is InChI=1S/C48H35N7O5S3/c49-27-38-36(32-10-3-1-4-11-32)25-41(52-47(38)63-30-46(57)54-21-7-8-22-54)34-17-15-31(16-18-34)35-19-20-40(43(24-35)55(58)60-59)51-45(56)29-62-48-39(28-50)37(33-12-5-2-6-13-33)26-42(53-48)44-14-9-23-61-44/h1-6,9-20,23-26H,7-8,21-22,29-30H2,(H-,51,56,59)/p+1. The minimum atomic E-state index is -0.485. The van der Waals surface area contributed by atoms with E-state index in [0.717, 1.165) is 59.3 Å². The molecule has 0 saturated carbocycles. The summed E-state index contributed by atoms with van der Waals surface area (Å²) in [4.78, 5) is 55.6. The van der Waals surface area contributed by atoms with E-state index in [2.05, 4.69) is 22.4 Å². The van der Waals surface area contributed by atoms with Crippen molar-refractivity contribution in [2.24, 2.45) is 0 Å². The molecule has 15 heteroatoms. The Morgan fingerprint density at radius 3 is 1.87 bits per heavy atom. The maximum atomic E-state index is 13.4. The molecular formula is C48H36N7O5S3+. The summed E-state index contributed by atoms with van der Waals surface area (Å²) in [5, 5.41) is 35.5. The van der Waals surface area contributed by atoms with Gasteiger partial charge >= 0.3 is 5.69 Å². The average molecular weight is 887 g/mol. The summed E-state index contributed by atoms with van der Waals surface area (Å²) >= 11 is 3.87. The van der Waals surface area contributed by atoms with Gasteiger partial charge in [0.05, 0.1) is 43.8 Å². The van der Waals surface area contributed by atoms with Crippen molar-refractivity contribution in [1.82, 2.24) is 14.9 Å². The van der Waals surface area contributed by atoms with Crippen molar-refractivity contribution >= 4 is 58.0 Å². The Morgan fingerprint density at radius 2 is 1.29 bits per heavy atom. The fourth-order valence-electron chi connectivity index (χ4n) is 7.21. The molecule has 1 saturated heterocycles. The van der Waals surface area contributed by atoms with Crippen molar-refractivity contribution in [3.8, 4) is 67.3 Å². The van der Waals surface area contributed by atoms with E-state index in [0.29, 0.717) is 54.8 Å². The highest BCUT2D eigenvalue weighted by Crippen LogP contribution is 2.38. The number of nitrogens with one attached hydrogen (secondary N) is 1. The van der Waals surface area contributed by atoms with Crippen LogP contribution in [0.5, 0.6) is 0 Å². The number of thioether (sulfide) groups is 2. The number of hydrogen-bond acceptors (Lipinski definition) is 12. The highest BCUT2D eigenvalue weighted by atomic mass is 32.2. The Bertz CT molecular complexity index is 2890. The third-order valence-corrected chi connectivity index (χ3v) is 13.2. The Hall–Kier alpha value is -7.14. The molecule has 7 aromatic rings. The van der Waals surface area contributed by atoms with Crippen LogP contribution in [0.25, 0.3) is 55.2 Å². The summed E-state index contributed by atoms with van der Waals surface area (Å²) in [6.07, 6.45) is 1.97. The van der Waals surface area contributed by atoms with Crippen LogP contribution in [0.2, 0.25) is 0 Å². The van der Waals surface area contributed by atoms with Crippen molar-refractivity contribution in [2.75, 3.05) is 29.9 Å². The zero-order valence-corrected chi connectivity index (χ0v) is 35.9. The van der Waals surface area contributed by atoms with Crippen LogP contribution in [-0.4, -0.2) is 61.5 Å². The fraction of sp³-hybridized carbons (Fsp3) is 0.125. The van der Waals surface area contributed by atoms with Gasteiger partial charge in [0.1, 0.15) is 27.9 Å². The number of likely N-dealkylation sites (tertiary alicyclic amines) is 1. The molecule has 0 aliphatic carbocycles. The molecule has 1 fully saturated rings. The molecule has 0 spiro atoms. The minimum Gasteiger partial charge on any atom is -0.342 e. The van der Waals surface area contributed by atoms with E-state index in [1.54, 1.807) is 6.07 Å². The number of thiophene rings is 1. The summed E-state index contributed by atoms with van der Waals surface area (Å²) < 4.78 is 0. The molecule has 1 aliphatic heterocycles. The van der Waals surface area contributed by atoms with E-state index in [4.69, 9.17) is 9.97 Å². The maximum absolute atomic E-state index is 13.4. The molecule has 8 rings (SSSR count). The second-order valence-corrected chi connectivity index (χ2v) is 17.1. The van der Waals surface area contributed by atoms with Crippen molar-refractivity contribution < 1.29 is 24.8 Å². The lowest BCUT2D eigenvalue weighted by molar-refractivity contribution is -0.835. The largest absolute Gasteiger partial charge is 0.344 e.